The van der Waals surface area contributed by atoms with E-state index in [0.717, 1.165) is 29.9 Å². The Balaban J connectivity index is 1.33. The summed E-state index contributed by atoms with van der Waals surface area (Å²) in [5.41, 5.74) is 3.96. The van der Waals surface area contributed by atoms with Crippen LogP contribution in [-0.4, -0.2) is 78.5 Å². The van der Waals surface area contributed by atoms with Gasteiger partial charge in [-0.05, 0) is 48.1 Å². The van der Waals surface area contributed by atoms with Gasteiger partial charge in [0.1, 0.15) is 0 Å². The average molecular weight is 557 g/mol. The van der Waals surface area contributed by atoms with E-state index < -0.39 is 5.91 Å². The summed E-state index contributed by atoms with van der Waals surface area (Å²) in [5, 5.41) is 3.86. The molecular weight excluding hydrogens is 528 g/mol. The molecule has 0 radical (unpaired) electrons. The number of nitrogens with one attached hydrogen (secondary N) is 2. The average Bonchev–Trinajstić information content (AvgIpc) is 3.19. The minimum absolute atomic E-state index is 0.200. The third kappa shape index (κ3) is 7.54. The van der Waals surface area contributed by atoms with E-state index in [1.807, 2.05) is 18.2 Å². The highest BCUT2D eigenvalue weighted by atomic mass is 32.2. The lowest BCUT2D eigenvalue weighted by molar-refractivity contribution is -0.133. The molecule has 2 saturated heterocycles. The van der Waals surface area contributed by atoms with Gasteiger partial charge in [-0.15, -0.1) is 0 Å². The fourth-order valence-corrected chi connectivity index (χ4v) is 4.92. The van der Waals surface area contributed by atoms with E-state index in [4.69, 9.17) is 26.4 Å². The molecule has 0 aromatic heterocycles. The van der Waals surface area contributed by atoms with Crippen LogP contribution >= 0.6 is 24.0 Å². The molecule has 38 heavy (non-hydrogen) atoms. The molecule has 3 amide bonds. The number of hydrazine groups is 1. The molecule has 2 aromatic carbocycles. The number of hydrogen-bond acceptors (Lipinski definition) is 9. The van der Waals surface area contributed by atoms with E-state index >= 15 is 0 Å². The van der Waals surface area contributed by atoms with Crippen LogP contribution < -0.4 is 20.2 Å². The number of thioether (sulfide) groups is 1. The molecule has 2 aromatic rings. The van der Waals surface area contributed by atoms with Gasteiger partial charge < -0.3 is 19.5 Å². The van der Waals surface area contributed by atoms with E-state index in [-0.39, 0.29) is 29.2 Å². The van der Waals surface area contributed by atoms with Crippen molar-refractivity contribution in [2.75, 3.05) is 51.9 Å². The van der Waals surface area contributed by atoms with Crippen LogP contribution in [0.15, 0.2) is 53.4 Å². The molecule has 12 heteroatoms. The molecule has 0 atom stereocenters. The standard InChI is InChI=1S/C26H28N4O6S2/c1-34-21-15-18(7-8-20(21)36-17-24(32)27-19-5-3-2-4-6-19)16-22-25(33)30(26(37)38-22)28-23(31)9-10-29-11-13-35-14-12-29/h2-8,15-16H,9-14,17H2,1H3,(H,27,32)(H,28,31)/b22-16-. The number of benzene rings is 2. The fourth-order valence-electron chi connectivity index (χ4n) is 3.74. The monoisotopic (exact) mass is 556 g/mol. The molecule has 2 heterocycles. The van der Waals surface area contributed by atoms with Gasteiger partial charge in [0.05, 0.1) is 25.2 Å². The maximum atomic E-state index is 12.9. The molecule has 4 rings (SSSR count). The largest absolute Gasteiger partial charge is 0.493 e. The van der Waals surface area contributed by atoms with Crippen LogP contribution in [0.3, 0.4) is 0 Å². The van der Waals surface area contributed by atoms with Gasteiger partial charge in [-0.3, -0.25) is 24.7 Å². The van der Waals surface area contributed by atoms with Crippen LogP contribution in [0.2, 0.25) is 0 Å². The lowest BCUT2D eigenvalue weighted by atomic mass is 10.2. The van der Waals surface area contributed by atoms with Crippen molar-refractivity contribution < 1.29 is 28.6 Å². The normalized spacial score (nSPS) is 17.0. The number of nitrogens with zero attached hydrogens (tertiary/aromatic N) is 2. The highest BCUT2D eigenvalue weighted by Crippen LogP contribution is 2.34. The summed E-state index contributed by atoms with van der Waals surface area (Å²) in [4.78, 5) is 40.0. The van der Waals surface area contributed by atoms with Crippen LogP contribution in [-0.2, 0) is 19.1 Å². The lowest BCUT2D eigenvalue weighted by Gasteiger charge is -2.26. The first kappa shape index (κ1) is 27.6. The molecule has 0 spiro atoms. The van der Waals surface area contributed by atoms with Crippen LogP contribution in [0.4, 0.5) is 5.69 Å². The predicted octanol–water partition coefficient (Wildman–Crippen LogP) is 2.67. The lowest BCUT2D eigenvalue weighted by Crippen LogP contribution is -2.46. The van der Waals surface area contributed by atoms with Crippen molar-refractivity contribution in [1.82, 2.24) is 15.3 Å². The number of morpholine rings is 1. The van der Waals surface area contributed by atoms with Gasteiger partial charge in [0.15, 0.2) is 22.4 Å². The molecule has 0 aliphatic carbocycles. The highest BCUT2D eigenvalue weighted by Gasteiger charge is 2.33. The molecule has 200 valence electrons. The third-order valence-electron chi connectivity index (χ3n) is 5.69. The first-order valence-corrected chi connectivity index (χ1v) is 13.2. The number of carbonyl (C=O) groups excluding carboxylic acids is 3. The summed E-state index contributed by atoms with van der Waals surface area (Å²) in [5.74, 6) is -0.214. The maximum Gasteiger partial charge on any atom is 0.285 e. The topological polar surface area (TPSA) is 109 Å². The molecule has 2 N–H and O–H groups in total. The number of carbonyl (C=O) groups is 3. The van der Waals surface area contributed by atoms with Crippen molar-refractivity contribution in [1.29, 1.82) is 0 Å². The third-order valence-corrected chi connectivity index (χ3v) is 6.99. The van der Waals surface area contributed by atoms with Crippen LogP contribution in [0.25, 0.3) is 6.08 Å². The Kier molecular flexibility index (Phi) is 9.71. The second-order valence-electron chi connectivity index (χ2n) is 8.37. The Morgan fingerprint density at radius 3 is 2.61 bits per heavy atom. The summed E-state index contributed by atoms with van der Waals surface area (Å²) in [6.07, 6.45) is 1.91. The molecule has 2 aliphatic rings. The zero-order valence-corrected chi connectivity index (χ0v) is 22.4. The quantitative estimate of drug-likeness (QED) is 0.337. The molecular formula is C26H28N4O6S2. The summed E-state index contributed by atoms with van der Waals surface area (Å²) in [6, 6.07) is 14.2. The van der Waals surface area contributed by atoms with Crippen LogP contribution in [0.5, 0.6) is 11.5 Å². The maximum absolute atomic E-state index is 12.9. The molecule has 10 nitrogen and oxygen atoms in total. The van der Waals surface area contributed by atoms with Crippen molar-refractivity contribution in [3.8, 4) is 11.5 Å². The minimum Gasteiger partial charge on any atom is -0.493 e. The van der Waals surface area contributed by atoms with Gasteiger partial charge in [0.25, 0.3) is 11.8 Å². The van der Waals surface area contributed by atoms with Crippen LogP contribution in [0, 0.1) is 0 Å². The number of rotatable bonds is 10. The Hall–Kier alpha value is -3.45. The van der Waals surface area contributed by atoms with Crippen molar-refractivity contribution in [3.63, 3.8) is 0 Å². The minimum atomic E-state index is -0.406. The first-order chi connectivity index (χ1) is 18.4. The zero-order chi connectivity index (χ0) is 26.9. The predicted molar refractivity (Wildman–Crippen MR) is 149 cm³/mol. The zero-order valence-electron chi connectivity index (χ0n) is 20.8. The van der Waals surface area contributed by atoms with Crippen molar-refractivity contribution in [2.24, 2.45) is 0 Å². The molecule has 0 bridgehead atoms. The number of anilines is 1. The summed E-state index contributed by atoms with van der Waals surface area (Å²) >= 11 is 6.42. The second kappa shape index (κ2) is 13.4. The first-order valence-electron chi connectivity index (χ1n) is 12.0. The Bertz CT molecular complexity index is 1220. The Morgan fingerprint density at radius 1 is 1.11 bits per heavy atom. The molecule has 2 fully saturated rings. The van der Waals surface area contributed by atoms with Gasteiger partial charge in [-0.1, -0.05) is 36.0 Å². The fraction of sp³-hybridized carbons (Fsp3) is 0.308. The van der Waals surface area contributed by atoms with E-state index in [0.29, 0.717) is 47.4 Å². The Morgan fingerprint density at radius 2 is 1.87 bits per heavy atom. The number of methoxy groups -OCH3 is 1. The Labute approximate surface area is 230 Å². The molecule has 2 aliphatic heterocycles. The summed E-state index contributed by atoms with van der Waals surface area (Å²) in [6.45, 7) is 3.26. The number of para-hydroxylation sites is 1. The summed E-state index contributed by atoms with van der Waals surface area (Å²) < 4.78 is 16.6. The van der Waals surface area contributed by atoms with Crippen LogP contribution in [0.1, 0.15) is 12.0 Å². The molecule has 0 saturated carbocycles. The number of thiocarbonyl (C=S) groups is 1. The molecule has 0 unspecified atom stereocenters. The van der Waals surface area contributed by atoms with Gasteiger partial charge in [-0.25, -0.2) is 0 Å². The van der Waals surface area contributed by atoms with Crippen molar-refractivity contribution in [2.45, 2.75) is 6.42 Å². The van der Waals surface area contributed by atoms with Gasteiger partial charge in [-0.2, -0.15) is 5.01 Å². The number of hydrogen-bond donors (Lipinski definition) is 2. The highest BCUT2D eigenvalue weighted by molar-refractivity contribution is 8.26. The van der Waals surface area contributed by atoms with E-state index in [2.05, 4.69) is 15.6 Å². The van der Waals surface area contributed by atoms with E-state index in [1.54, 1.807) is 36.4 Å². The van der Waals surface area contributed by atoms with E-state index in [9.17, 15) is 14.4 Å². The van der Waals surface area contributed by atoms with Gasteiger partial charge in [0, 0.05) is 31.7 Å². The van der Waals surface area contributed by atoms with Gasteiger partial charge >= 0.3 is 0 Å². The van der Waals surface area contributed by atoms with Gasteiger partial charge in [0.2, 0.25) is 5.91 Å². The number of ether oxygens (including phenoxy) is 3. The van der Waals surface area contributed by atoms with E-state index in [1.165, 1.54) is 7.11 Å². The number of amides is 3. The SMILES string of the molecule is COc1cc(/C=C2\SC(=S)N(NC(=O)CCN3CCOCC3)C2=O)ccc1OCC(=O)Nc1ccccc1. The summed E-state index contributed by atoms with van der Waals surface area (Å²) in [7, 11) is 1.49. The van der Waals surface area contributed by atoms with Crippen molar-refractivity contribution >= 4 is 57.8 Å². The second-order valence-corrected chi connectivity index (χ2v) is 10.0. The van der Waals surface area contributed by atoms with Crippen molar-refractivity contribution in [3.05, 3.63) is 59.0 Å². The smallest absolute Gasteiger partial charge is 0.285 e.